The van der Waals surface area contributed by atoms with Crippen LogP contribution >= 0.6 is 0 Å². The van der Waals surface area contributed by atoms with Gasteiger partial charge >= 0.3 is 0 Å². The zero-order valence-electron chi connectivity index (χ0n) is 10.6. The fraction of sp³-hybridized carbons (Fsp3) is 0.462. The molecule has 0 aromatic heterocycles. The Balaban J connectivity index is 2.46. The number of nitriles is 1. The number of benzene rings is 1. The van der Waals surface area contributed by atoms with Crippen LogP contribution in [-0.4, -0.2) is 24.1 Å². The van der Waals surface area contributed by atoms with Crippen molar-refractivity contribution < 1.29 is 4.92 Å². The number of hydrogen-bond acceptors (Lipinski definition) is 5. The van der Waals surface area contributed by atoms with Crippen molar-refractivity contribution in [2.45, 2.75) is 25.3 Å². The van der Waals surface area contributed by atoms with Crippen LogP contribution in [0.4, 0.5) is 11.4 Å². The van der Waals surface area contributed by atoms with Crippen LogP contribution in [-0.2, 0) is 0 Å². The molecule has 1 fully saturated rings. The van der Waals surface area contributed by atoms with Gasteiger partial charge in [-0.25, -0.2) is 0 Å². The highest BCUT2D eigenvalue weighted by atomic mass is 16.6. The number of hydrogen-bond donors (Lipinski definition) is 1. The van der Waals surface area contributed by atoms with E-state index in [1.54, 1.807) is 6.07 Å². The molecule has 100 valence electrons. The molecule has 0 bridgehead atoms. The second-order valence-corrected chi connectivity index (χ2v) is 4.65. The van der Waals surface area contributed by atoms with Gasteiger partial charge in [-0.05, 0) is 31.4 Å². The molecule has 1 aromatic rings. The molecule has 0 spiro atoms. The van der Waals surface area contributed by atoms with Crippen LogP contribution in [0.25, 0.3) is 0 Å². The third-order valence-electron chi connectivity index (χ3n) is 3.51. The van der Waals surface area contributed by atoms with Crippen molar-refractivity contribution in [3.8, 4) is 6.07 Å². The second-order valence-electron chi connectivity index (χ2n) is 4.65. The molecule has 0 aliphatic carbocycles. The van der Waals surface area contributed by atoms with E-state index in [0.29, 0.717) is 17.8 Å². The van der Waals surface area contributed by atoms with Crippen LogP contribution in [0.2, 0.25) is 0 Å². The molecule has 1 aliphatic heterocycles. The van der Waals surface area contributed by atoms with Gasteiger partial charge in [0, 0.05) is 25.2 Å². The van der Waals surface area contributed by atoms with Gasteiger partial charge in [0.15, 0.2) is 0 Å². The Kier molecular flexibility index (Phi) is 3.97. The zero-order chi connectivity index (χ0) is 13.8. The van der Waals surface area contributed by atoms with E-state index in [1.807, 2.05) is 11.0 Å². The third-order valence-corrected chi connectivity index (χ3v) is 3.51. The van der Waals surface area contributed by atoms with Gasteiger partial charge in [-0.1, -0.05) is 0 Å². The van der Waals surface area contributed by atoms with Gasteiger partial charge in [-0.15, -0.1) is 0 Å². The summed E-state index contributed by atoms with van der Waals surface area (Å²) in [7, 11) is 0. The smallest absolute Gasteiger partial charge is 0.292 e. The largest absolute Gasteiger partial charge is 0.362 e. The highest BCUT2D eigenvalue weighted by Crippen LogP contribution is 2.33. The van der Waals surface area contributed by atoms with Crippen LogP contribution in [0.3, 0.4) is 0 Å². The first-order valence-corrected chi connectivity index (χ1v) is 6.32. The first-order valence-electron chi connectivity index (χ1n) is 6.32. The Morgan fingerprint density at radius 3 is 2.95 bits per heavy atom. The van der Waals surface area contributed by atoms with E-state index in [0.717, 1.165) is 25.8 Å². The number of nitro benzene ring substituents is 1. The van der Waals surface area contributed by atoms with E-state index in [1.165, 1.54) is 12.1 Å². The first kappa shape index (κ1) is 13.3. The molecule has 6 nitrogen and oxygen atoms in total. The summed E-state index contributed by atoms with van der Waals surface area (Å²) in [6, 6.07) is 6.60. The van der Waals surface area contributed by atoms with Crippen LogP contribution in [0.1, 0.15) is 24.8 Å². The lowest BCUT2D eigenvalue weighted by Crippen LogP contribution is -2.44. The van der Waals surface area contributed by atoms with Crippen LogP contribution in [0, 0.1) is 21.4 Å². The van der Waals surface area contributed by atoms with E-state index in [-0.39, 0.29) is 11.7 Å². The van der Waals surface area contributed by atoms with Crippen molar-refractivity contribution >= 4 is 11.4 Å². The highest BCUT2D eigenvalue weighted by Gasteiger charge is 2.27. The summed E-state index contributed by atoms with van der Waals surface area (Å²) in [5.41, 5.74) is 6.74. The third kappa shape index (κ3) is 2.66. The van der Waals surface area contributed by atoms with Gasteiger partial charge in [0.2, 0.25) is 0 Å². The maximum atomic E-state index is 11.1. The molecule has 2 rings (SSSR count). The second kappa shape index (κ2) is 5.67. The average molecular weight is 260 g/mol. The fourth-order valence-electron chi connectivity index (χ4n) is 2.54. The predicted octanol–water partition coefficient (Wildman–Crippen LogP) is 1.78. The SMILES string of the molecule is N#Cc1ccc([N+](=O)[O-])c(N2CCCCC2CN)c1. The molecule has 0 saturated carbocycles. The molecule has 1 unspecified atom stereocenters. The molecule has 1 heterocycles. The lowest BCUT2D eigenvalue weighted by molar-refractivity contribution is -0.384. The standard InChI is InChI=1S/C13H16N4O2/c14-8-10-4-5-12(17(18)19)13(7-10)16-6-2-1-3-11(16)9-15/h4-5,7,11H,1-3,6,9,15H2. The van der Waals surface area contributed by atoms with Crippen molar-refractivity contribution in [3.63, 3.8) is 0 Å². The number of nitro groups is 1. The maximum absolute atomic E-state index is 11.1. The average Bonchev–Trinajstić information content (AvgIpc) is 2.46. The Morgan fingerprint density at radius 1 is 1.53 bits per heavy atom. The lowest BCUT2D eigenvalue weighted by atomic mass is 10.0. The molecule has 2 N–H and O–H groups in total. The van der Waals surface area contributed by atoms with Gasteiger partial charge in [-0.3, -0.25) is 10.1 Å². The van der Waals surface area contributed by atoms with Gasteiger partial charge in [-0.2, -0.15) is 5.26 Å². The summed E-state index contributed by atoms with van der Waals surface area (Å²) in [6.45, 7) is 1.21. The molecule has 0 amide bonds. The van der Waals surface area contributed by atoms with E-state index in [2.05, 4.69) is 0 Å². The predicted molar refractivity (Wildman–Crippen MR) is 71.9 cm³/mol. The Bertz CT molecular complexity index is 524. The summed E-state index contributed by atoms with van der Waals surface area (Å²) in [4.78, 5) is 12.7. The van der Waals surface area contributed by atoms with Crippen molar-refractivity contribution in [2.75, 3.05) is 18.0 Å². The van der Waals surface area contributed by atoms with Crippen LogP contribution < -0.4 is 10.6 Å². The number of anilines is 1. The number of nitrogens with two attached hydrogens (primary N) is 1. The minimum absolute atomic E-state index is 0.0411. The molecule has 1 atom stereocenters. The van der Waals surface area contributed by atoms with Gasteiger partial charge < -0.3 is 10.6 Å². The van der Waals surface area contributed by atoms with Crippen molar-refractivity contribution in [1.82, 2.24) is 0 Å². The van der Waals surface area contributed by atoms with Crippen molar-refractivity contribution in [2.24, 2.45) is 5.73 Å². The van der Waals surface area contributed by atoms with Crippen molar-refractivity contribution in [3.05, 3.63) is 33.9 Å². The fourth-order valence-corrected chi connectivity index (χ4v) is 2.54. The summed E-state index contributed by atoms with van der Waals surface area (Å²) in [5.74, 6) is 0. The Labute approximate surface area is 111 Å². The van der Waals surface area contributed by atoms with Crippen LogP contribution in [0.5, 0.6) is 0 Å². The molecule has 1 aromatic carbocycles. The molecule has 1 saturated heterocycles. The van der Waals surface area contributed by atoms with E-state index in [4.69, 9.17) is 11.0 Å². The monoisotopic (exact) mass is 260 g/mol. The van der Waals surface area contributed by atoms with E-state index < -0.39 is 4.92 Å². The van der Waals surface area contributed by atoms with Crippen LogP contribution in [0.15, 0.2) is 18.2 Å². The maximum Gasteiger partial charge on any atom is 0.292 e. The zero-order valence-corrected chi connectivity index (χ0v) is 10.6. The minimum atomic E-state index is -0.404. The topological polar surface area (TPSA) is 96.2 Å². The molecule has 19 heavy (non-hydrogen) atoms. The molecule has 1 aliphatic rings. The Hall–Kier alpha value is -2.13. The normalized spacial score (nSPS) is 18.9. The highest BCUT2D eigenvalue weighted by molar-refractivity contribution is 5.66. The number of piperidine rings is 1. The summed E-state index contributed by atoms with van der Waals surface area (Å²) >= 11 is 0. The van der Waals surface area contributed by atoms with Gasteiger partial charge in [0.05, 0.1) is 16.6 Å². The minimum Gasteiger partial charge on any atom is -0.362 e. The number of nitrogens with zero attached hydrogens (tertiary/aromatic N) is 3. The molecule has 6 heteroatoms. The van der Waals surface area contributed by atoms with Gasteiger partial charge in [0.25, 0.3) is 5.69 Å². The van der Waals surface area contributed by atoms with Crippen molar-refractivity contribution in [1.29, 1.82) is 5.26 Å². The molecular weight excluding hydrogens is 244 g/mol. The lowest BCUT2D eigenvalue weighted by Gasteiger charge is -2.36. The van der Waals surface area contributed by atoms with E-state index in [9.17, 15) is 10.1 Å². The van der Waals surface area contributed by atoms with Gasteiger partial charge in [0.1, 0.15) is 5.69 Å². The molecular formula is C13H16N4O2. The Morgan fingerprint density at radius 2 is 2.32 bits per heavy atom. The molecule has 0 radical (unpaired) electrons. The summed E-state index contributed by atoms with van der Waals surface area (Å²) in [6.07, 6.45) is 3.01. The van der Waals surface area contributed by atoms with E-state index >= 15 is 0 Å². The quantitative estimate of drug-likeness (QED) is 0.660. The number of rotatable bonds is 3. The first-order chi connectivity index (χ1) is 9.17. The summed E-state index contributed by atoms with van der Waals surface area (Å²) in [5, 5.41) is 20.1. The summed E-state index contributed by atoms with van der Waals surface area (Å²) < 4.78 is 0.